The molecule has 0 aliphatic rings. The van der Waals surface area contributed by atoms with Crippen LogP contribution in [0.5, 0.6) is 0 Å². The molecule has 0 aliphatic carbocycles. The van der Waals surface area contributed by atoms with Crippen molar-refractivity contribution in [2.24, 2.45) is 0 Å². The number of phosphoric ester groups is 1. The van der Waals surface area contributed by atoms with E-state index in [1.54, 1.807) is 6.08 Å². The van der Waals surface area contributed by atoms with E-state index in [0.29, 0.717) is 17.4 Å². The fourth-order valence-corrected chi connectivity index (χ4v) is 8.11. The standard InChI is InChI=1S/C50H99N2O6P/c1-6-8-10-12-14-16-18-20-22-23-24-25-26-27-28-29-30-32-34-36-38-40-42-44-50(54)51-48(47-58-59(55,56)57-46-45-52(3,4)5)49(53)43-41-39-37-35-33-31-21-19-17-15-13-11-9-7-2/h23-24,41,43,48-49,53H,6-22,25-40,42,44-47H2,1-5H3,(H-,51,54,55,56)/b24-23-,43-41+. The van der Waals surface area contributed by atoms with Crippen LogP contribution in [0.2, 0.25) is 0 Å². The number of carbonyl (C=O) groups is 1. The van der Waals surface area contributed by atoms with Crippen molar-refractivity contribution >= 4 is 13.7 Å². The van der Waals surface area contributed by atoms with Gasteiger partial charge in [0.25, 0.3) is 7.82 Å². The number of allylic oxidation sites excluding steroid dienone is 3. The molecular weight excluding hydrogens is 756 g/mol. The molecule has 0 fully saturated rings. The van der Waals surface area contributed by atoms with Gasteiger partial charge in [0.05, 0.1) is 39.9 Å². The van der Waals surface area contributed by atoms with Crippen molar-refractivity contribution in [2.45, 2.75) is 251 Å². The van der Waals surface area contributed by atoms with Gasteiger partial charge < -0.3 is 28.8 Å². The third-order valence-corrected chi connectivity index (χ3v) is 12.4. The molecule has 2 N–H and O–H groups in total. The second kappa shape index (κ2) is 42.3. The summed E-state index contributed by atoms with van der Waals surface area (Å²) in [5.74, 6) is -0.197. The van der Waals surface area contributed by atoms with Gasteiger partial charge in [0.15, 0.2) is 0 Å². The summed E-state index contributed by atoms with van der Waals surface area (Å²) in [6.45, 7) is 4.66. The molecule has 1 amide bonds. The summed E-state index contributed by atoms with van der Waals surface area (Å²) < 4.78 is 23.2. The van der Waals surface area contributed by atoms with Crippen LogP contribution in [0, 0.1) is 0 Å². The van der Waals surface area contributed by atoms with Crippen molar-refractivity contribution in [3.8, 4) is 0 Å². The molecule has 9 heteroatoms. The summed E-state index contributed by atoms with van der Waals surface area (Å²) in [5, 5.41) is 13.8. The molecule has 350 valence electrons. The molecule has 0 spiro atoms. The average molecular weight is 855 g/mol. The van der Waals surface area contributed by atoms with Gasteiger partial charge in [-0.05, 0) is 44.9 Å². The summed E-state index contributed by atoms with van der Waals surface area (Å²) in [7, 11) is 1.27. The Labute approximate surface area is 366 Å². The number of quaternary nitrogens is 1. The molecule has 3 atom stereocenters. The number of nitrogens with zero attached hydrogens (tertiary/aromatic N) is 1. The lowest BCUT2D eigenvalue weighted by atomic mass is 10.0. The molecule has 0 saturated carbocycles. The van der Waals surface area contributed by atoms with Crippen molar-refractivity contribution in [3.05, 3.63) is 24.3 Å². The lowest BCUT2D eigenvalue weighted by Crippen LogP contribution is -2.45. The molecular formula is C50H99N2O6P. The van der Waals surface area contributed by atoms with Crippen LogP contribution in [0.25, 0.3) is 0 Å². The van der Waals surface area contributed by atoms with Crippen LogP contribution >= 0.6 is 7.82 Å². The van der Waals surface area contributed by atoms with E-state index in [2.05, 4.69) is 31.3 Å². The zero-order valence-corrected chi connectivity index (χ0v) is 40.6. The van der Waals surface area contributed by atoms with Gasteiger partial charge in [-0.15, -0.1) is 0 Å². The molecule has 59 heavy (non-hydrogen) atoms. The first-order valence-electron chi connectivity index (χ1n) is 25.2. The van der Waals surface area contributed by atoms with Gasteiger partial charge in [-0.3, -0.25) is 9.36 Å². The number of likely N-dealkylation sites (N-methyl/N-ethyl adjacent to an activating group) is 1. The lowest BCUT2D eigenvalue weighted by molar-refractivity contribution is -0.870. The monoisotopic (exact) mass is 855 g/mol. The summed E-state index contributed by atoms with van der Waals surface area (Å²) in [6, 6.07) is -0.883. The average Bonchev–Trinajstić information content (AvgIpc) is 3.19. The van der Waals surface area contributed by atoms with Crippen LogP contribution in [0.15, 0.2) is 24.3 Å². The maximum absolute atomic E-state index is 12.9. The third-order valence-electron chi connectivity index (χ3n) is 11.4. The number of unbranched alkanes of at least 4 members (excludes halogenated alkanes) is 31. The molecule has 0 rings (SSSR count). The molecule has 0 radical (unpaired) electrons. The number of hydrogen-bond donors (Lipinski definition) is 2. The van der Waals surface area contributed by atoms with E-state index < -0.39 is 20.0 Å². The molecule has 0 aromatic heterocycles. The number of amides is 1. The molecule has 0 aliphatic heterocycles. The van der Waals surface area contributed by atoms with Gasteiger partial charge in [0, 0.05) is 6.42 Å². The van der Waals surface area contributed by atoms with Gasteiger partial charge >= 0.3 is 0 Å². The Morgan fingerprint density at radius 1 is 0.576 bits per heavy atom. The zero-order valence-electron chi connectivity index (χ0n) is 39.7. The summed E-state index contributed by atoms with van der Waals surface area (Å²) >= 11 is 0. The fourth-order valence-electron chi connectivity index (χ4n) is 7.38. The van der Waals surface area contributed by atoms with Gasteiger partial charge in [0.1, 0.15) is 13.2 Å². The lowest BCUT2D eigenvalue weighted by Gasteiger charge is -2.29. The largest absolute Gasteiger partial charge is 0.756 e. The molecule has 8 nitrogen and oxygen atoms in total. The minimum absolute atomic E-state index is 0.000348. The van der Waals surface area contributed by atoms with Crippen LogP contribution in [-0.4, -0.2) is 68.5 Å². The van der Waals surface area contributed by atoms with E-state index in [-0.39, 0.29) is 19.1 Å². The first kappa shape index (κ1) is 58.0. The highest BCUT2D eigenvalue weighted by molar-refractivity contribution is 7.45. The Hall–Kier alpha value is -1.02. The zero-order chi connectivity index (χ0) is 43.6. The van der Waals surface area contributed by atoms with Gasteiger partial charge in [-0.25, -0.2) is 0 Å². The minimum Gasteiger partial charge on any atom is -0.756 e. The third kappa shape index (κ3) is 44.8. The van der Waals surface area contributed by atoms with E-state index in [0.717, 1.165) is 38.5 Å². The number of rotatable bonds is 46. The smallest absolute Gasteiger partial charge is 0.268 e. The molecule has 0 bridgehead atoms. The topological polar surface area (TPSA) is 108 Å². The van der Waals surface area contributed by atoms with Gasteiger partial charge in [0.2, 0.25) is 5.91 Å². The van der Waals surface area contributed by atoms with Crippen LogP contribution < -0.4 is 10.2 Å². The Kier molecular flexibility index (Phi) is 41.6. The highest BCUT2D eigenvalue weighted by Gasteiger charge is 2.23. The normalized spacial score (nSPS) is 14.4. The van der Waals surface area contributed by atoms with Crippen molar-refractivity contribution < 1.29 is 32.9 Å². The van der Waals surface area contributed by atoms with Crippen molar-refractivity contribution in [2.75, 3.05) is 40.9 Å². The van der Waals surface area contributed by atoms with Crippen LogP contribution in [0.4, 0.5) is 0 Å². The summed E-state index contributed by atoms with van der Waals surface area (Å²) in [6.07, 6.45) is 50.9. The minimum atomic E-state index is -4.59. The number of carbonyl (C=O) groups excluding carboxylic acids is 1. The van der Waals surface area contributed by atoms with Crippen molar-refractivity contribution in [1.82, 2.24) is 5.32 Å². The molecule has 3 unspecified atom stereocenters. The Balaban J connectivity index is 4.25. The highest BCUT2D eigenvalue weighted by atomic mass is 31.2. The number of nitrogens with one attached hydrogen (secondary N) is 1. The molecule has 0 aromatic carbocycles. The summed E-state index contributed by atoms with van der Waals surface area (Å²) in [5.41, 5.74) is 0. The van der Waals surface area contributed by atoms with Crippen LogP contribution in [0.1, 0.15) is 239 Å². The van der Waals surface area contributed by atoms with E-state index in [1.807, 2.05) is 27.2 Å². The first-order valence-corrected chi connectivity index (χ1v) is 26.7. The van der Waals surface area contributed by atoms with E-state index in [4.69, 9.17) is 9.05 Å². The predicted molar refractivity (Wildman–Crippen MR) is 252 cm³/mol. The number of aliphatic hydroxyl groups is 1. The van der Waals surface area contributed by atoms with Crippen LogP contribution in [0.3, 0.4) is 0 Å². The maximum atomic E-state index is 12.9. The van der Waals surface area contributed by atoms with E-state index >= 15 is 0 Å². The van der Waals surface area contributed by atoms with E-state index in [9.17, 15) is 19.4 Å². The number of aliphatic hydroxyl groups excluding tert-OH is 1. The van der Waals surface area contributed by atoms with Gasteiger partial charge in [-0.1, -0.05) is 212 Å². The van der Waals surface area contributed by atoms with Crippen molar-refractivity contribution in [3.63, 3.8) is 0 Å². The molecule has 0 aromatic rings. The molecule has 0 saturated heterocycles. The first-order chi connectivity index (χ1) is 28.5. The Morgan fingerprint density at radius 3 is 1.32 bits per heavy atom. The predicted octanol–water partition coefficient (Wildman–Crippen LogP) is 13.8. The second-order valence-corrected chi connectivity index (χ2v) is 19.9. The Morgan fingerprint density at radius 2 is 0.932 bits per heavy atom. The quantitative estimate of drug-likeness (QED) is 0.0273. The van der Waals surface area contributed by atoms with Crippen LogP contribution in [-0.2, 0) is 18.4 Å². The Bertz CT molecular complexity index is 1020. The second-order valence-electron chi connectivity index (χ2n) is 18.5. The maximum Gasteiger partial charge on any atom is 0.268 e. The van der Waals surface area contributed by atoms with E-state index in [1.165, 1.54) is 180 Å². The number of hydrogen-bond acceptors (Lipinski definition) is 6. The number of phosphoric acid groups is 1. The van der Waals surface area contributed by atoms with Gasteiger partial charge in [-0.2, -0.15) is 0 Å². The highest BCUT2D eigenvalue weighted by Crippen LogP contribution is 2.38. The molecule has 0 heterocycles. The SMILES string of the molecule is CCCCCCCCCC/C=C\CCCCCCCCCCCCCC(=O)NC(COP(=O)([O-])OCC[N+](C)(C)C)C(O)/C=C/CCCCCCCCCCCCCC. The fraction of sp³-hybridized carbons (Fsp3) is 0.900. The summed E-state index contributed by atoms with van der Waals surface area (Å²) in [4.78, 5) is 25.4. The van der Waals surface area contributed by atoms with Crippen molar-refractivity contribution in [1.29, 1.82) is 0 Å².